The van der Waals surface area contributed by atoms with Crippen molar-refractivity contribution in [3.05, 3.63) is 28.8 Å². The van der Waals surface area contributed by atoms with Crippen LogP contribution in [0, 0.1) is 0 Å². The van der Waals surface area contributed by atoms with Gasteiger partial charge in [-0.05, 0) is 31.0 Å². The number of hydrogen-bond acceptors (Lipinski definition) is 7. The van der Waals surface area contributed by atoms with Crippen molar-refractivity contribution in [1.29, 1.82) is 0 Å². The lowest BCUT2D eigenvalue weighted by atomic mass is 10.2. The van der Waals surface area contributed by atoms with Gasteiger partial charge in [-0.3, -0.25) is 4.57 Å². The van der Waals surface area contributed by atoms with Gasteiger partial charge in [0, 0.05) is 36.0 Å². The Hall–Kier alpha value is -1.48. The molecule has 2 saturated heterocycles. The minimum absolute atomic E-state index is 0.218. The lowest BCUT2D eigenvalue weighted by Crippen LogP contribution is -2.38. The third kappa shape index (κ3) is 4.56. The van der Waals surface area contributed by atoms with E-state index in [1.807, 2.05) is 18.2 Å². The molecule has 9 heteroatoms. The largest absolute Gasteiger partial charge is 0.496 e. The number of aromatic nitrogens is 3. The van der Waals surface area contributed by atoms with Crippen LogP contribution in [0.15, 0.2) is 23.4 Å². The molecule has 0 saturated carbocycles. The van der Waals surface area contributed by atoms with E-state index in [-0.39, 0.29) is 6.10 Å². The number of methoxy groups -OCH3 is 1. The predicted octanol–water partition coefficient (Wildman–Crippen LogP) is 3.25. The van der Waals surface area contributed by atoms with E-state index in [1.54, 1.807) is 18.9 Å². The molecule has 2 aromatic rings. The van der Waals surface area contributed by atoms with Gasteiger partial charge in [0.15, 0.2) is 5.16 Å². The number of halogens is 1. The minimum atomic E-state index is 0.218. The Morgan fingerprint density at radius 2 is 2.11 bits per heavy atom. The summed E-state index contributed by atoms with van der Waals surface area (Å²) in [5, 5.41) is 10.6. The second-order valence-electron chi connectivity index (χ2n) is 6.87. The van der Waals surface area contributed by atoms with Crippen molar-refractivity contribution < 1.29 is 14.2 Å². The fraction of sp³-hybridized carbons (Fsp3) is 0.579. The summed E-state index contributed by atoms with van der Waals surface area (Å²) >= 11 is 7.82. The molecule has 0 N–H and O–H groups in total. The van der Waals surface area contributed by atoms with E-state index in [0.29, 0.717) is 10.8 Å². The summed E-state index contributed by atoms with van der Waals surface area (Å²) < 4.78 is 19.0. The Balaban J connectivity index is 1.55. The van der Waals surface area contributed by atoms with Gasteiger partial charge in [0.1, 0.15) is 5.75 Å². The standard InChI is InChI=1S/C19H25ClN4O3S/c1-25-17-5-4-15(20)11-14(17)13-28-19-22-21-18(23-6-9-26-10-7-23)24(19)12-16-3-2-8-27-16/h4-5,11,16H,2-3,6-10,12-13H2,1H3/t16-/m0/s1. The van der Waals surface area contributed by atoms with Gasteiger partial charge in [0.2, 0.25) is 5.95 Å². The van der Waals surface area contributed by atoms with E-state index < -0.39 is 0 Å². The van der Waals surface area contributed by atoms with E-state index in [2.05, 4.69) is 19.7 Å². The van der Waals surface area contributed by atoms with Gasteiger partial charge in [0.05, 0.1) is 33.0 Å². The SMILES string of the molecule is COc1ccc(Cl)cc1CSc1nnc(N2CCOCC2)n1C[C@@H]1CCCO1. The van der Waals surface area contributed by atoms with Crippen LogP contribution in [-0.4, -0.2) is 60.9 Å². The van der Waals surface area contributed by atoms with Crippen LogP contribution >= 0.6 is 23.4 Å². The van der Waals surface area contributed by atoms with Crippen LogP contribution in [-0.2, 0) is 21.8 Å². The van der Waals surface area contributed by atoms with Crippen molar-refractivity contribution in [2.45, 2.75) is 36.4 Å². The maximum Gasteiger partial charge on any atom is 0.228 e. The van der Waals surface area contributed by atoms with Crippen molar-refractivity contribution in [3.63, 3.8) is 0 Å². The lowest BCUT2D eigenvalue weighted by Gasteiger charge is -2.28. The fourth-order valence-electron chi connectivity index (χ4n) is 3.54. The van der Waals surface area contributed by atoms with Gasteiger partial charge < -0.3 is 19.1 Å². The zero-order valence-corrected chi connectivity index (χ0v) is 17.5. The molecule has 3 heterocycles. The molecule has 1 atom stereocenters. The topological polar surface area (TPSA) is 61.6 Å². The molecular weight excluding hydrogens is 400 g/mol. The number of nitrogens with zero attached hydrogens (tertiary/aromatic N) is 4. The summed E-state index contributed by atoms with van der Waals surface area (Å²) in [5.74, 6) is 2.44. The molecule has 2 aliphatic rings. The van der Waals surface area contributed by atoms with E-state index in [4.69, 9.17) is 25.8 Å². The number of anilines is 1. The first-order valence-electron chi connectivity index (χ1n) is 9.57. The molecular formula is C19H25ClN4O3S. The Bertz CT molecular complexity index is 791. The van der Waals surface area contributed by atoms with Crippen molar-refractivity contribution in [2.75, 3.05) is 44.9 Å². The second kappa shape index (κ2) is 9.35. The summed E-state index contributed by atoms with van der Waals surface area (Å²) in [4.78, 5) is 2.25. The number of rotatable bonds is 7. The molecule has 0 spiro atoms. The van der Waals surface area contributed by atoms with Gasteiger partial charge in [-0.25, -0.2) is 0 Å². The Morgan fingerprint density at radius 1 is 1.25 bits per heavy atom. The highest BCUT2D eigenvalue weighted by atomic mass is 35.5. The maximum atomic E-state index is 6.17. The monoisotopic (exact) mass is 424 g/mol. The molecule has 0 unspecified atom stereocenters. The molecule has 28 heavy (non-hydrogen) atoms. The molecule has 0 radical (unpaired) electrons. The van der Waals surface area contributed by atoms with Crippen molar-refractivity contribution in [3.8, 4) is 5.75 Å². The van der Waals surface area contributed by atoms with Gasteiger partial charge >= 0.3 is 0 Å². The van der Waals surface area contributed by atoms with Gasteiger partial charge in [-0.15, -0.1) is 10.2 Å². The van der Waals surface area contributed by atoms with Crippen LogP contribution in [0.2, 0.25) is 5.02 Å². The highest BCUT2D eigenvalue weighted by Crippen LogP contribution is 2.31. The summed E-state index contributed by atoms with van der Waals surface area (Å²) in [5.41, 5.74) is 1.04. The average molecular weight is 425 g/mol. The summed E-state index contributed by atoms with van der Waals surface area (Å²) in [6.07, 6.45) is 2.41. The van der Waals surface area contributed by atoms with Crippen LogP contribution in [0.1, 0.15) is 18.4 Å². The number of ether oxygens (including phenoxy) is 3. The Kier molecular flexibility index (Phi) is 6.61. The van der Waals surface area contributed by atoms with Crippen LogP contribution in [0.4, 0.5) is 5.95 Å². The molecule has 4 rings (SSSR count). The van der Waals surface area contributed by atoms with Crippen LogP contribution in [0.3, 0.4) is 0 Å². The molecule has 0 amide bonds. The number of hydrogen-bond donors (Lipinski definition) is 0. The van der Waals surface area contributed by atoms with Gasteiger partial charge in [0.25, 0.3) is 0 Å². The molecule has 2 aliphatic heterocycles. The zero-order valence-electron chi connectivity index (χ0n) is 16.0. The quantitative estimate of drug-likeness (QED) is 0.632. The van der Waals surface area contributed by atoms with E-state index in [1.165, 1.54) is 0 Å². The normalized spacial score (nSPS) is 19.9. The van der Waals surface area contributed by atoms with Crippen molar-refractivity contribution in [1.82, 2.24) is 14.8 Å². The van der Waals surface area contributed by atoms with Gasteiger partial charge in [-0.2, -0.15) is 0 Å². The summed E-state index contributed by atoms with van der Waals surface area (Å²) in [6.45, 7) is 4.70. The molecule has 1 aromatic carbocycles. The van der Waals surface area contributed by atoms with E-state index in [0.717, 1.165) is 74.7 Å². The first-order chi connectivity index (χ1) is 13.7. The molecule has 1 aromatic heterocycles. The first-order valence-corrected chi connectivity index (χ1v) is 10.9. The summed E-state index contributed by atoms with van der Waals surface area (Å²) in [6, 6.07) is 5.68. The zero-order chi connectivity index (χ0) is 19.3. The third-order valence-electron chi connectivity index (χ3n) is 5.00. The summed E-state index contributed by atoms with van der Waals surface area (Å²) in [7, 11) is 1.67. The predicted molar refractivity (Wildman–Crippen MR) is 110 cm³/mol. The van der Waals surface area contributed by atoms with Gasteiger partial charge in [-0.1, -0.05) is 23.4 Å². The van der Waals surface area contributed by atoms with Crippen LogP contribution in [0.25, 0.3) is 0 Å². The number of thioether (sulfide) groups is 1. The second-order valence-corrected chi connectivity index (χ2v) is 8.25. The highest BCUT2D eigenvalue weighted by molar-refractivity contribution is 7.98. The van der Waals surface area contributed by atoms with Crippen LogP contribution < -0.4 is 9.64 Å². The molecule has 7 nitrogen and oxygen atoms in total. The fourth-order valence-corrected chi connectivity index (χ4v) is 4.65. The molecule has 0 aliphatic carbocycles. The lowest BCUT2D eigenvalue weighted by molar-refractivity contribution is 0.0942. The Morgan fingerprint density at radius 3 is 2.86 bits per heavy atom. The van der Waals surface area contributed by atoms with Crippen molar-refractivity contribution >= 4 is 29.3 Å². The number of morpholine rings is 1. The average Bonchev–Trinajstić information content (AvgIpc) is 3.38. The maximum absolute atomic E-state index is 6.17. The number of benzene rings is 1. The smallest absolute Gasteiger partial charge is 0.228 e. The first kappa shape index (κ1) is 19.8. The van der Waals surface area contributed by atoms with Crippen LogP contribution in [0.5, 0.6) is 5.75 Å². The van der Waals surface area contributed by atoms with E-state index >= 15 is 0 Å². The minimum Gasteiger partial charge on any atom is -0.496 e. The molecule has 152 valence electrons. The highest BCUT2D eigenvalue weighted by Gasteiger charge is 2.25. The molecule has 0 bridgehead atoms. The third-order valence-corrected chi connectivity index (χ3v) is 6.25. The van der Waals surface area contributed by atoms with Crippen molar-refractivity contribution in [2.24, 2.45) is 0 Å². The van der Waals surface area contributed by atoms with E-state index in [9.17, 15) is 0 Å². The Labute approximate surface area is 174 Å². The molecule has 2 fully saturated rings.